The lowest BCUT2D eigenvalue weighted by molar-refractivity contribution is 0.0694. The third-order valence-electron chi connectivity index (χ3n) is 2.91. The number of carbonyl (C=O) groups is 1. The number of benzene rings is 2. The molecule has 0 aliphatic rings. The van der Waals surface area contributed by atoms with Gasteiger partial charge in [0.1, 0.15) is 11.3 Å². The number of anilines is 1. The summed E-state index contributed by atoms with van der Waals surface area (Å²) in [4.78, 5) is 10.9. The Morgan fingerprint density at radius 2 is 1.95 bits per heavy atom. The van der Waals surface area contributed by atoms with Gasteiger partial charge in [-0.15, -0.1) is 0 Å². The maximum atomic E-state index is 10.9. The monoisotopic (exact) mass is 335 g/mol. The Bertz CT molecular complexity index is 628. The zero-order chi connectivity index (χ0) is 14.5. The Hall–Kier alpha value is -2.01. The standard InChI is InChI=1S/C15H14BrNO3/c16-13-4-2-1-3-10(13)7-8-17-11-5-6-14(18)12(9-11)15(19)20/h1-6,9,17-18H,7-8H2,(H,19,20). The quantitative estimate of drug-likeness (QED) is 0.731. The molecule has 0 unspecified atom stereocenters. The molecule has 104 valence electrons. The predicted molar refractivity (Wildman–Crippen MR) is 81.4 cm³/mol. The van der Waals surface area contributed by atoms with Crippen LogP contribution in [0.3, 0.4) is 0 Å². The number of nitrogens with one attached hydrogen (secondary N) is 1. The van der Waals surface area contributed by atoms with E-state index in [0.29, 0.717) is 12.2 Å². The van der Waals surface area contributed by atoms with Gasteiger partial charge in [-0.3, -0.25) is 0 Å². The summed E-state index contributed by atoms with van der Waals surface area (Å²) < 4.78 is 1.05. The van der Waals surface area contributed by atoms with Gasteiger partial charge in [0.05, 0.1) is 0 Å². The van der Waals surface area contributed by atoms with Crippen LogP contribution in [0.15, 0.2) is 46.9 Å². The van der Waals surface area contributed by atoms with E-state index in [1.807, 2.05) is 24.3 Å². The number of carboxylic acids is 1. The first-order chi connectivity index (χ1) is 9.58. The van der Waals surface area contributed by atoms with Crippen LogP contribution in [0, 0.1) is 0 Å². The van der Waals surface area contributed by atoms with Crippen LogP contribution in [0.2, 0.25) is 0 Å². The van der Waals surface area contributed by atoms with E-state index in [9.17, 15) is 9.90 Å². The number of aromatic carboxylic acids is 1. The van der Waals surface area contributed by atoms with Crippen molar-refractivity contribution in [3.63, 3.8) is 0 Å². The van der Waals surface area contributed by atoms with Crippen LogP contribution in [0.25, 0.3) is 0 Å². The molecular weight excluding hydrogens is 322 g/mol. The van der Waals surface area contributed by atoms with Crippen molar-refractivity contribution in [1.29, 1.82) is 0 Å². The topological polar surface area (TPSA) is 69.6 Å². The average Bonchev–Trinajstić information content (AvgIpc) is 2.42. The minimum absolute atomic E-state index is 0.101. The molecule has 0 spiro atoms. The van der Waals surface area contributed by atoms with Gasteiger partial charge in [-0.1, -0.05) is 34.1 Å². The molecule has 2 aromatic rings. The smallest absolute Gasteiger partial charge is 0.339 e. The normalized spacial score (nSPS) is 10.2. The van der Waals surface area contributed by atoms with Gasteiger partial charge < -0.3 is 15.5 Å². The lowest BCUT2D eigenvalue weighted by Gasteiger charge is -2.09. The van der Waals surface area contributed by atoms with E-state index in [-0.39, 0.29) is 11.3 Å². The van der Waals surface area contributed by atoms with Gasteiger partial charge in [0.15, 0.2) is 0 Å². The molecule has 0 bridgehead atoms. The first-order valence-corrected chi connectivity index (χ1v) is 6.91. The van der Waals surface area contributed by atoms with Crippen molar-refractivity contribution in [2.75, 3.05) is 11.9 Å². The number of aromatic hydroxyl groups is 1. The molecular formula is C15H14BrNO3. The Morgan fingerprint density at radius 3 is 2.65 bits per heavy atom. The molecule has 4 nitrogen and oxygen atoms in total. The van der Waals surface area contributed by atoms with E-state index in [1.165, 1.54) is 17.7 Å². The van der Waals surface area contributed by atoms with Crippen LogP contribution in [-0.4, -0.2) is 22.7 Å². The molecule has 20 heavy (non-hydrogen) atoms. The third kappa shape index (κ3) is 3.51. The van der Waals surface area contributed by atoms with Gasteiger partial charge >= 0.3 is 5.97 Å². The van der Waals surface area contributed by atoms with Crippen LogP contribution < -0.4 is 5.32 Å². The summed E-state index contributed by atoms with van der Waals surface area (Å²) in [6, 6.07) is 12.4. The molecule has 0 radical (unpaired) electrons. The summed E-state index contributed by atoms with van der Waals surface area (Å²) in [5.74, 6) is -1.37. The summed E-state index contributed by atoms with van der Waals surface area (Å²) in [7, 11) is 0. The largest absolute Gasteiger partial charge is 0.507 e. The molecule has 0 aliphatic heterocycles. The number of rotatable bonds is 5. The Labute approximate surface area is 125 Å². The van der Waals surface area contributed by atoms with E-state index in [0.717, 1.165) is 10.9 Å². The zero-order valence-corrected chi connectivity index (χ0v) is 12.2. The number of halogens is 1. The lowest BCUT2D eigenvalue weighted by Crippen LogP contribution is -2.06. The fraction of sp³-hybridized carbons (Fsp3) is 0.133. The van der Waals surface area contributed by atoms with Gasteiger partial charge in [-0.05, 0) is 36.2 Å². The van der Waals surface area contributed by atoms with Crippen molar-refractivity contribution in [2.45, 2.75) is 6.42 Å². The molecule has 0 amide bonds. The number of carboxylic acid groups (broad SMARTS) is 1. The van der Waals surface area contributed by atoms with Gasteiger partial charge in [0.2, 0.25) is 0 Å². The van der Waals surface area contributed by atoms with Gasteiger partial charge in [0, 0.05) is 16.7 Å². The van der Waals surface area contributed by atoms with Crippen molar-refractivity contribution in [1.82, 2.24) is 0 Å². The van der Waals surface area contributed by atoms with Crippen molar-refractivity contribution in [3.8, 4) is 5.75 Å². The van der Waals surface area contributed by atoms with Crippen molar-refractivity contribution in [3.05, 3.63) is 58.1 Å². The Balaban J connectivity index is 2.00. The van der Waals surface area contributed by atoms with E-state index >= 15 is 0 Å². The number of phenols is 1. The maximum absolute atomic E-state index is 10.9. The number of hydrogen-bond donors (Lipinski definition) is 3. The van der Waals surface area contributed by atoms with Crippen molar-refractivity contribution >= 4 is 27.6 Å². The van der Waals surface area contributed by atoms with Crippen LogP contribution in [0.1, 0.15) is 15.9 Å². The predicted octanol–water partition coefficient (Wildman–Crippen LogP) is 3.51. The minimum atomic E-state index is -1.14. The van der Waals surface area contributed by atoms with E-state index in [4.69, 9.17) is 5.11 Å². The average molecular weight is 336 g/mol. The second-order valence-corrected chi connectivity index (χ2v) is 5.16. The molecule has 5 heteroatoms. The summed E-state index contributed by atoms with van der Waals surface area (Å²) in [5.41, 5.74) is 1.75. The van der Waals surface area contributed by atoms with E-state index in [1.54, 1.807) is 6.07 Å². The van der Waals surface area contributed by atoms with Crippen molar-refractivity contribution < 1.29 is 15.0 Å². The van der Waals surface area contributed by atoms with Gasteiger partial charge in [-0.25, -0.2) is 4.79 Å². The highest BCUT2D eigenvalue weighted by Crippen LogP contribution is 2.22. The summed E-state index contributed by atoms with van der Waals surface area (Å²) in [6.07, 6.45) is 0.810. The second-order valence-electron chi connectivity index (χ2n) is 4.31. The molecule has 0 aliphatic carbocycles. The third-order valence-corrected chi connectivity index (χ3v) is 3.68. The summed E-state index contributed by atoms with van der Waals surface area (Å²) in [5, 5.41) is 21.5. The van der Waals surface area contributed by atoms with Gasteiger partial charge in [-0.2, -0.15) is 0 Å². The van der Waals surface area contributed by atoms with Crippen molar-refractivity contribution in [2.24, 2.45) is 0 Å². The SMILES string of the molecule is O=C(O)c1cc(NCCc2ccccc2Br)ccc1O. The van der Waals surface area contributed by atoms with Crippen LogP contribution in [0.5, 0.6) is 5.75 Å². The molecule has 0 aromatic heterocycles. The van der Waals surface area contributed by atoms with Gasteiger partial charge in [0.25, 0.3) is 0 Å². The summed E-state index contributed by atoms with van der Waals surface area (Å²) >= 11 is 3.48. The highest BCUT2D eigenvalue weighted by molar-refractivity contribution is 9.10. The maximum Gasteiger partial charge on any atom is 0.339 e. The highest BCUT2D eigenvalue weighted by Gasteiger charge is 2.09. The lowest BCUT2D eigenvalue weighted by atomic mass is 10.1. The van der Waals surface area contributed by atoms with Crippen LogP contribution in [0.4, 0.5) is 5.69 Å². The molecule has 2 aromatic carbocycles. The zero-order valence-electron chi connectivity index (χ0n) is 10.6. The minimum Gasteiger partial charge on any atom is -0.507 e. The van der Waals surface area contributed by atoms with E-state index in [2.05, 4.69) is 21.2 Å². The first-order valence-electron chi connectivity index (χ1n) is 6.11. The Kier molecular flexibility index (Phi) is 4.63. The highest BCUT2D eigenvalue weighted by atomic mass is 79.9. The molecule has 0 saturated heterocycles. The fourth-order valence-corrected chi connectivity index (χ4v) is 2.34. The fourth-order valence-electron chi connectivity index (χ4n) is 1.86. The molecule has 3 N–H and O–H groups in total. The molecule has 0 fully saturated rings. The molecule has 0 saturated carbocycles. The molecule has 0 heterocycles. The van der Waals surface area contributed by atoms with Crippen LogP contribution in [-0.2, 0) is 6.42 Å². The van der Waals surface area contributed by atoms with E-state index < -0.39 is 5.97 Å². The molecule has 0 atom stereocenters. The number of hydrogen-bond acceptors (Lipinski definition) is 3. The second kappa shape index (κ2) is 6.43. The summed E-state index contributed by atoms with van der Waals surface area (Å²) in [6.45, 7) is 0.673. The Morgan fingerprint density at radius 1 is 1.20 bits per heavy atom. The molecule has 2 rings (SSSR count). The first kappa shape index (κ1) is 14.4. The van der Waals surface area contributed by atoms with Crippen LogP contribution >= 0.6 is 15.9 Å².